The van der Waals surface area contributed by atoms with E-state index in [1.807, 2.05) is 61.7 Å². The molecule has 5 rings (SSSR count). The number of hydrogen-bond acceptors (Lipinski definition) is 10. The summed E-state index contributed by atoms with van der Waals surface area (Å²) in [5, 5.41) is 4.68. The van der Waals surface area contributed by atoms with Crippen molar-refractivity contribution in [2.24, 2.45) is 0 Å². The molecule has 3 aromatic heterocycles. The van der Waals surface area contributed by atoms with E-state index in [1.54, 1.807) is 44.0 Å². The molecule has 0 saturated carbocycles. The van der Waals surface area contributed by atoms with Gasteiger partial charge in [0, 0.05) is 11.8 Å². The van der Waals surface area contributed by atoms with Crippen LogP contribution in [0.4, 0.5) is 0 Å². The molecule has 0 saturated heterocycles. The minimum Gasteiger partial charge on any atom is -0.493 e. The number of aromatic nitrogens is 3. The lowest BCUT2D eigenvalue weighted by Gasteiger charge is -2.16. The highest BCUT2D eigenvalue weighted by Crippen LogP contribution is 2.48. The predicted molar refractivity (Wildman–Crippen MR) is 164 cm³/mol. The van der Waals surface area contributed by atoms with Gasteiger partial charge >= 0.3 is 7.60 Å². The number of oxazole rings is 1. The first kappa shape index (κ1) is 31.1. The Hall–Kier alpha value is -4.31. The van der Waals surface area contributed by atoms with E-state index >= 15 is 0 Å². The molecule has 0 aliphatic heterocycles. The number of methoxy groups -OCH3 is 1. The van der Waals surface area contributed by atoms with Gasteiger partial charge in [-0.15, -0.1) is 5.10 Å². The van der Waals surface area contributed by atoms with Gasteiger partial charge in [-0.1, -0.05) is 24.3 Å². The molecule has 12 heteroatoms. The number of benzene rings is 2. The van der Waals surface area contributed by atoms with Crippen LogP contribution in [0.15, 0.2) is 82.0 Å². The molecule has 0 unspecified atom stereocenters. The maximum absolute atomic E-state index is 13.1. The fourth-order valence-corrected chi connectivity index (χ4v) is 6.14. The molecule has 2 aromatic carbocycles. The maximum Gasteiger partial charge on any atom is 0.330 e. The number of furan rings is 1. The largest absolute Gasteiger partial charge is 0.493 e. The lowest BCUT2D eigenvalue weighted by molar-refractivity contribution is 0.220. The summed E-state index contributed by atoms with van der Waals surface area (Å²) in [6, 6.07) is 18.9. The molecule has 0 atom stereocenters. The van der Waals surface area contributed by atoms with Gasteiger partial charge in [0.05, 0.1) is 38.4 Å². The quantitative estimate of drug-likeness (QED) is 0.103. The van der Waals surface area contributed by atoms with Gasteiger partial charge < -0.3 is 32.1 Å². The SMILES string of the molecule is CCOP(=O)(CCc1cn(-c2ccccc2)nc1OCc1ccc(OCc2nc(-c3ccco3)oc2C)c(OC)c1)OCC. The fraction of sp³-hybridized carbons (Fsp3) is 0.312. The van der Waals surface area contributed by atoms with E-state index in [-0.39, 0.29) is 19.4 Å². The van der Waals surface area contributed by atoms with Crippen molar-refractivity contribution in [2.45, 2.75) is 40.4 Å². The highest BCUT2D eigenvalue weighted by Gasteiger charge is 2.25. The molecular formula is C32H36N3O8P. The summed E-state index contributed by atoms with van der Waals surface area (Å²) >= 11 is 0. The monoisotopic (exact) mass is 621 g/mol. The van der Waals surface area contributed by atoms with Gasteiger partial charge in [0.2, 0.25) is 5.88 Å². The Morgan fingerprint density at radius 3 is 2.43 bits per heavy atom. The fourth-order valence-electron chi connectivity index (χ4n) is 4.50. The van der Waals surface area contributed by atoms with Crippen LogP contribution < -0.4 is 14.2 Å². The summed E-state index contributed by atoms with van der Waals surface area (Å²) in [6.07, 6.45) is 4.06. The van der Waals surface area contributed by atoms with Gasteiger partial charge in [0.25, 0.3) is 5.89 Å². The molecule has 0 spiro atoms. The molecule has 0 N–H and O–H groups in total. The Bertz CT molecular complexity index is 1670. The van der Waals surface area contributed by atoms with Crippen LogP contribution >= 0.6 is 7.60 Å². The van der Waals surface area contributed by atoms with E-state index in [1.165, 1.54) is 0 Å². The third-order valence-corrected chi connectivity index (χ3v) is 8.75. The van der Waals surface area contributed by atoms with E-state index in [2.05, 4.69) is 10.1 Å². The third kappa shape index (κ3) is 7.60. The minimum atomic E-state index is -3.24. The summed E-state index contributed by atoms with van der Waals surface area (Å²) in [6.45, 7) is 6.44. The maximum atomic E-state index is 13.1. The summed E-state index contributed by atoms with van der Waals surface area (Å²) in [5.74, 6) is 3.12. The molecule has 3 heterocycles. The van der Waals surface area contributed by atoms with Crippen molar-refractivity contribution >= 4 is 7.60 Å². The summed E-state index contributed by atoms with van der Waals surface area (Å²) < 4.78 is 54.8. The minimum absolute atomic E-state index is 0.190. The van der Waals surface area contributed by atoms with Crippen LogP contribution in [-0.2, 0) is 33.2 Å². The Morgan fingerprint density at radius 2 is 1.73 bits per heavy atom. The van der Waals surface area contributed by atoms with Gasteiger partial charge in [0.15, 0.2) is 17.3 Å². The highest BCUT2D eigenvalue weighted by atomic mass is 31.2. The van der Waals surface area contributed by atoms with Crippen LogP contribution in [0.25, 0.3) is 17.3 Å². The molecule has 0 radical (unpaired) electrons. The molecule has 0 aliphatic carbocycles. The number of aryl methyl sites for hydroxylation is 2. The number of para-hydroxylation sites is 1. The van der Waals surface area contributed by atoms with Crippen LogP contribution in [0.1, 0.15) is 36.4 Å². The van der Waals surface area contributed by atoms with Crippen molar-refractivity contribution in [3.8, 4) is 34.7 Å². The first-order chi connectivity index (χ1) is 21.4. The van der Waals surface area contributed by atoms with Gasteiger partial charge in [-0.2, -0.15) is 0 Å². The van der Waals surface area contributed by atoms with Crippen molar-refractivity contribution in [1.29, 1.82) is 0 Å². The van der Waals surface area contributed by atoms with Crippen LogP contribution in [-0.4, -0.2) is 41.2 Å². The molecule has 5 aromatic rings. The second kappa shape index (κ2) is 14.4. The van der Waals surface area contributed by atoms with Gasteiger partial charge in [-0.25, -0.2) is 9.67 Å². The molecule has 0 fully saturated rings. The van der Waals surface area contributed by atoms with Crippen LogP contribution in [0.2, 0.25) is 0 Å². The lowest BCUT2D eigenvalue weighted by Crippen LogP contribution is -2.04. The van der Waals surface area contributed by atoms with Crippen molar-refractivity contribution < 1.29 is 36.7 Å². The second-order valence-electron chi connectivity index (χ2n) is 9.72. The Kier molecular flexibility index (Phi) is 10.2. The van der Waals surface area contributed by atoms with E-state index < -0.39 is 7.60 Å². The molecule has 11 nitrogen and oxygen atoms in total. The molecule has 0 aliphatic rings. The number of ether oxygens (including phenoxy) is 3. The smallest absolute Gasteiger partial charge is 0.330 e. The zero-order valence-corrected chi connectivity index (χ0v) is 26.1. The summed E-state index contributed by atoms with van der Waals surface area (Å²) in [7, 11) is -1.66. The first-order valence-corrected chi connectivity index (χ1v) is 16.1. The van der Waals surface area contributed by atoms with E-state index in [0.29, 0.717) is 60.1 Å². The average Bonchev–Trinajstić information content (AvgIpc) is 3.79. The van der Waals surface area contributed by atoms with Crippen molar-refractivity contribution in [1.82, 2.24) is 14.8 Å². The van der Waals surface area contributed by atoms with Gasteiger partial charge in [-0.3, -0.25) is 4.57 Å². The first-order valence-electron chi connectivity index (χ1n) is 14.4. The normalized spacial score (nSPS) is 11.5. The number of rotatable bonds is 16. The topological polar surface area (TPSA) is 120 Å². The zero-order valence-electron chi connectivity index (χ0n) is 25.2. The predicted octanol–water partition coefficient (Wildman–Crippen LogP) is 7.40. The summed E-state index contributed by atoms with van der Waals surface area (Å²) in [5.41, 5.74) is 3.17. The Morgan fingerprint density at radius 1 is 0.932 bits per heavy atom. The lowest BCUT2D eigenvalue weighted by atomic mass is 10.2. The van der Waals surface area contributed by atoms with Gasteiger partial charge in [-0.05, 0) is 69.2 Å². The van der Waals surface area contributed by atoms with Crippen LogP contribution in [0.5, 0.6) is 17.4 Å². The van der Waals surface area contributed by atoms with Crippen LogP contribution in [0, 0.1) is 6.92 Å². The molecule has 44 heavy (non-hydrogen) atoms. The van der Waals surface area contributed by atoms with E-state index in [4.69, 9.17) is 32.1 Å². The van der Waals surface area contributed by atoms with Gasteiger partial charge in [0.1, 0.15) is 24.7 Å². The number of nitrogens with zero attached hydrogens (tertiary/aromatic N) is 3. The zero-order chi connectivity index (χ0) is 30.9. The van der Waals surface area contributed by atoms with E-state index in [0.717, 1.165) is 16.8 Å². The molecule has 0 amide bonds. The van der Waals surface area contributed by atoms with Crippen molar-refractivity contribution in [2.75, 3.05) is 26.5 Å². The third-order valence-electron chi connectivity index (χ3n) is 6.67. The van der Waals surface area contributed by atoms with E-state index in [9.17, 15) is 4.57 Å². The summed E-state index contributed by atoms with van der Waals surface area (Å²) in [4.78, 5) is 4.50. The second-order valence-corrected chi connectivity index (χ2v) is 11.9. The molecule has 0 bridgehead atoms. The van der Waals surface area contributed by atoms with Crippen LogP contribution in [0.3, 0.4) is 0 Å². The Labute approximate surface area is 256 Å². The van der Waals surface area contributed by atoms with Crippen molar-refractivity contribution in [3.63, 3.8) is 0 Å². The molecule has 232 valence electrons. The average molecular weight is 622 g/mol. The highest BCUT2D eigenvalue weighted by molar-refractivity contribution is 7.53. The Balaban J connectivity index is 1.29. The molecular weight excluding hydrogens is 585 g/mol. The number of hydrogen-bond donors (Lipinski definition) is 0. The standard InChI is InChI=1S/C32H36N3O8P/c1-5-41-44(36,42-6-2)18-16-25-20-35(26-11-8-7-9-12-26)34-31(25)40-21-24-14-15-28(30(19-24)37-4)39-22-27-23(3)43-32(33-27)29-13-10-17-38-29/h7-15,17,19-20H,5-6,16,18,21-22H2,1-4H3. The van der Waals surface area contributed by atoms with Crippen molar-refractivity contribution in [3.05, 3.63) is 95.7 Å².